The Kier molecular flexibility index (Phi) is 5.35. The lowest BCUT2D eigenvalue weighted by atomic mass is 10.2. The van der Waals surface area contributed by atoms with Gasteiger partial charge in [-0.2, -0.15) is 0 Å². The van der Waals surface area contributed by atoms with Crippen molar-refractivity contribution >= 4 is 23.3 Å². The highest BCUT2D eigenvalue weighted by Crippen LogP contribution is 2.27. The molecule has 0 radical (unpaired) electrons. The standard InChI is InChI=1S/C19H25NO2SSi/c1-16-11-13-18(14-12-16)23(21,22)20(2)15-19(24(3,4)5)17-9-7-6-8-10-17/h6-15H,1-5H3/b19-15+. The van der Waals surface area contributed by atoms with Crippen molar-refractivity contribution in [2.24, 2.45) is 0 Å². The Bertz CT molecular complexity index is 820. The molecule has 128 valence electrons. The van der Waals surface area contributed by atoms with E-state index in [0.717, 1.165) is 16.3 Å². The molecule has 2 rings (SSSR count). The van der Waals surface area contributed by atoms with Crippen LogP contribution in [-0.4, -0.2) is 27.8 Å². The molecule has 0 aliphatic carbocycles. The van der Waals surface area contributed by atoms with Gasteiger partial charge in [0.15, 0.2) is 0 Å². The first-order valence-electron chi connectivity index (χ1n) is 7.95. The van der Waals surface area contributed by atoms with Crippen LogP contribution in [0.1, 0.15) is 11.1 Å². The van der Waals surface area contributed by atoms with E-state index in [0.29, 0.717) is 4.90 Å². The van der Waals surface area contributed by atoms with Gasteiger partial charge in [0.05, 0.1) is 13.0 Å². The minimum atomic E-state index is -3.54. The van der Waals surface area contributed by atoms with Crippen LogP contribution in [0.25, 0.3) is 5.20 Å². The first kappa shape index (κ1) is 18.5. The van der Waals surface area contributed by atoms with Crippen LogP contribution < -0.4 is 0 Å². The molecule has 0 saturated carbocycles. The summed E-state index contributed by atoms with van der Waals surface area (Å²) in [5, 5.41) is 1.11. The Labute approximate surface area is 146 Å². The fraction of sp³-hybridized carbons (Fsp3) is 0.263. The van der Waals surface area contributed by atoms with Crippen molar-refractivity contribution < 1.29 is 8.42 Å². The van der Waals surface area contributed by atoms with Crippen molar-refractivity contribution in [3.05, 3.63) is 71.9 Å². The van der Waals surface area contributed by atoms with Crippen LogP contribution in [0, 0.1) is 6.92 Å². The molecule has 2 aromatic carbocycles. The van der Waals surface area contributed by atoms with E-state index < -0.39 is 18.1 Å². The minimum absolute atomic E-state index is 0.315. The van der Waals surface area contributed by atoms with Gasteiger partial charge < -0.3 is 0 Å². The van der Waals surface area contributed by atoms with E-state index in [1.807, 2.05) is 49.4 Å². The topological polar surface area (TPSA) is 37.4 Å². The summed E-state index contributed by atoms with van der Waals surface area (Å²) in [4.78, 5) is 0.315. The maximum absolute atomic E-state index is 12.8. The van der Waals surface area contributed by atoms with Gasteiger partial charge in [0.25, 0.3) is 10.0 Å². The van der Waals surface area contributed by atoms with Crippen molar-refractivity contribution in [2.45, 2.75) is 31.5 Å². The summed E-state index contributed by atoms with van der Waals surface area (Å²) in [5.74, 6) is 0. The normalized spacial score (nSPS) is 13.0. The van der Waals surface area contributed by atoms with Gasteiger partial charge in [0.1, 0.15) is 0 Å². The number of benzene rings is 2. The third kappa shape index (κ3) is 4.16. The molecule has 0 heterocycles. The van der Waals surface area contributed by atoms with Gasteiger partial charge in [-0.25, -0.2) is 8.42 Å². The van der Waals surface area contributed by atoms with E-state index in [1.165, 1.54) is 4.31 Å². The fourth-order valence-corrected chi connectivity index (χ4v) is 5.21. The summed E-state index contributed by atoms with van der Waals surface area (Å²) < 4.78 is 27.0. The van der Waals surface area contributed by atoms with E-state index in [2.05, 4.69) is 19.6 Å². The predicted molar refractivity (Wildman–Crippen MR) is 104 cm³/mol. The first-order valence-corrected chi connectivity index (χ1v) is 12.9. The molecule has 3 nitrogen and oxygen atoms in total. The lowest BCUT2D eigenvalue weighted by Crippen LogP contribution is -2.28. The first-order chi connectivity index (χ1) is 11.1. The van der Waals surface area contributed by atoms with E-state index in [9.17, 15) is 8.42 Å². The predicted octanol–water partition coefficient (Wildman–Crippen LogP) is 4.53. The van der Waals surface area contributed by atoms with Crippen molar-refractivity contribution in [1.82, 2.24) is 4.31 Å². The number of sulfonamides is 1. The van der Waals surface area contributed by atoms with Gasteiger partial charge in [0.2, 0.25) is 0 Å². The minimum Gasteiger partial charge on any atom is -0.277 e. The van der Waals surface area contributed by atoms with Crippen LogP contribution in [0.5, 0.6) is 0 Å². The zero-order valence-corrected chi connectivity index (χ0v) is 16.8. The smallest absolute Gasteiger partial charge is 0.263 e. The van der Waals surface area contributed by atoms with E-state index in [4.69, 9.17) is 0 Å². The van der Waals surface area contributed by atoms with Gasteiger partial charge in [-0.15, -0.1) is 0 Å². The number of hydrogen-bond donors (Lipinski definition) is 0. The van der Waals surface area contributed by atoms with Gasteiger partial charge >= 0.3 is 0 Å². The van der Waals surface area contributed by atoms with Gasteiger partial charge in [-0.1, -0.05) is 67.7 Å². The Hall–Kier alpha value is -1.85. The summed E-state index contributed by atoms with van der Waals surface area (Å²) in [6.45, 7) is 8.60. The van der Waals surface area contributed by atoms with E-state index in [-0.39, 0.29) is 0 Å². The number of aryl methyl sites for hydroxylation is 1. The third-order valence-electron chi connectivity index (χ3n) is 3.90. The molecule has 2 aromatic rings. The Morgan fingerprint density at radius 1 is 0.958 bits per heavy atom. The quantitative estimate of drug-likeness (QED) is 0.735. The van der Waals surface area contributed by atoms with Crippen LogP contribution in [0.15, 0.2) is 65.7 Å². The molecule has 0 aromatic heterocycles. The van der Waals surface area contributed by atoms with E-state index in [1.54, 1.807) is 25.4 Å². The molecule has 24 heavy (non-hydrogen) atoms. The molecular weight excluding hydrogens is 334 g/mol. The Morgan fingerprint density at radius 2 is 1.50 bits per heavy atom. The molecular formula is C19H25NO2SSi. The summed E-state index contributed by atoms with van der Waals surface area (Å²) in [5.41, 5.74) is 2.13. The molecule has 0 amide bonds. The van der Waals surface area contributed by atoms with Crippen LogP contribution in [0.3, 0.4) is 0 Å². The molecule has 0 spiro atoms. The van der Waals surface area contributed by atoms with Gasteiger partial charge in [0, 0.05) is 13.2 Å². The molecule has 0 atom stereocenters. The molecule has 5 heteroatoms. The van der Waals surface area contributed by atoms with Crippen LogP contribution in [0.4, 0.5) is 0 Å². The SMILES string of the molecule is Cc1ccc(S(=O)(=O)N(C)/C=C(\c2ccccc2)[Si](C)(C)C)cc1. The molecule has 0 unspecified atom stereocenters. The van der Waals surface area contributed by atoms with E-state index >= 15 is 0 Å². The molecule has 0 N–H and O–H groups in total. The number of hydrogen-bond acceptors (Lipinski definition) is 2. The molecule has 0 fully saturated rings. The fourth-order valence-electron chi connectivity index (χ4n) is 2.45. The summed E-state index contributed by atoms with van der Waals surface area (Å²) in [6, 6.07) is 17.0. The maximum Gasteiger partial charge on any atom is 0.263 e. The molecule has 0 aliphatic rings. The van der Waals surface area contributed by atoms with Crippen molar-refractivity contribution in [3.8, 4) is 0 Å². The monoisotopic (exact) mass is 359 g/mol. The zero-order valence-electron chi connectivity index (χ0n) is 14.9. The molecule has 0 saturated heterocycles. The van der Waals surface area contributed by atoms with Gasteiger partial charge in [-0.3, -0.25) is 4.31 Å². The Balaban J connectivity index is 2.47. The average molecular weight is 360 g/mol. The number of nitrogens with zero attached hydrogens (tertiary/aromatic N) is 1. The highest BCUT2D eigenvalue weighted by atomic mass is 32.2. The number of rotatable bonds is 5. The van der Waals surface area contributed by atoms with Crippen molar-refractivity contribution in [3.63, 3.8) is 0 Å². The molecule has 0 bridgehead atoms. The maximum atomic E-state index is 12.8. The van der Waals surface area contributed by atoms with Crippen LogP contribution in [-0.2, 0) is 10.0 Å². The largest absolute Gasteiger partial charge is 0.277 e. The highest BCUT2D eigenvalue weighted by molar-refractivity contribution is 7.89. The third-order valence-corrected chi connectivity index (χ3v) is 7.67. The lowest BCUT2D eigenvalue weighted by Gasteiger charge is -2.25. The van der Waals surface area contributed by atoms with Gasteiger partial charge in [-0.05, 0) is 29.8 Å². The second-order valence-electron chi connectivity index (χ2n) is 6.99. The average Bonchev–Trinajstić information content (AvgIpc) is 2.52. The second-order valence-corrected chi connectivity index (χ2v) is 14.0. The summed E-state index contributed by atoms with van der Waals surface area (Å²) in [7, 11) is -3.65. The zero-order chi connectivity index (χ0) is 18.0. The summed E-state index contributed by atoms with van der Waals surface area (Å²) in [6.07, 6.45) is 1.79. The highest BCUT2D eigenvalue weighted by Gasteiger charge is 2.25. The van der Waals surface area contributed by atoms with Crippen molar-refractivity contribution in [1.29, 1.82) is 0 Å². The Morgan fingerprint density at radius 3 is 2.00 bits per heavy atom. The van der Waals surface area contributed by atoms with Crippen LogP contribution >= 0.6 is 0 Å². The molecule has 0 aliphatic heterocycles. The van der Waals surface area contributed by atoms with Crippen LogP contribution in [0.2, 0.25) is 19.6 Å². The summed E-state index contributed by atoms with van der Waals surface area (Å²) >= 11 is 0. The second kappa shape index (κ2) is 6.95. The lowest BCUT2D eigenvalue weighted by molar-refractivity contribution is 0.539. The van der Waals surface area contributed by atoms with Crippen molar-refractivity contribution in [2.75, 3.05) is 7.05 Å².